The second-order valence-electron chi connectivity index (χ2n) is 8.62. The van der Waals surface area contributed by atoms with E-state index < -0.39 is 0 Å². The lowest BCUT2D eigenvalue weighted by Crippen LogP contribution is -2.04. The number of hydrogen-bond donors (Lipinski definition) is 1. The molecule has 34 heavy (non-hydrogen) atoms. The molecule has 1 aromatic carbocycles. The molecular weight excluding hydrogens is 426 g/mol. The predicted octanol–water partition coefficient (Wildman–Crippen LogP) is 4.88. The molecule has 0 bridgehead atoms. The number of fused-ring (bicyclic) bond motifs is 1. The summed E-state index contributed by atoms with van der Waals surface area (Å²) in [4.78, 5) is 23.0. The van der Waals surface area contributed by atoms with Gasteiger partial charge in [-0.2, -0.15) is 0 Å². The topological polar surface area (TPSA) is 90.1 Å². The molecule has 4 aromatic rings. The quantitative estimate of drug-likeness (QED) is 0.447. The summed E-state index contributed by atoms with van der Waals surface area (Å²) in [5.41, 5.74) is 10.4. The van der Waals surface area contributed by atoms with Crippen LogP contribution in [0.25, 0.3) is 11.3 Å². The van der Waals surface area contributed by atoms with Crippen LogP contribution in [-0.4, -0.2) is 37.3 Å². The first kappa shape index (κ1) is 21.8. The summed E-state index contributed by atoms with van der Waals surface area (Å²) in [6.45, 7) is 5.98. The molecule has 8 heteroatoms. The summed E-state index contributed by atoms with van der Waals surface area (Å²) in [5, 5.41) is 3.55. The van der Waals surface area contributed by atoms with Crippen LogP contribution in [0.4, 0.5) is 17.1 Å². The summed E-state index contributed by atoms with van der Waals surface area (Å²) in [7, 11) is 3.65. The highest BCUT2D eigenvalue weighted by Crippen LogP contribution is 2.39. The number of nitrogens with one attached hydrogen (secondary N) is 1. The van der Waals surface area contributed by atoms with Gasteiger partial charge in [0.25, 0.3) is 0 Å². The van der Waals surface area contributed by atoms with E-state index in [1.807, 2.05) is 63.0 Å². The van der Waals surface area contributed by atoms with Crippen molar-refractivity contribution in [3.05, 3.63) is 71.5 Å². The van der Waals surface area contributed by atoms with E-state index in [9.17, 15) is 0 Å². The van der Waals surface area contributed by atoms with E-state index in [2.05, 4.69) is 26.3 Å². The molecular formula is C26H27N7O. The van der Waals surface area contributed by atoms with Crippen molar-refractivity contribution < 1.29 is 4.74 Å². The molecule has 5 rings (SSSR count). The van der Waals surface area contributed by atoms with E-state index in [-0.39, 0.29) is 0 Å². The van der Waals surface area contributed by atoms with E-state index in [4.69, 9.17) is 14.7 Å². The fourth-order valence-electron chi connectivity index (χ4n) is 4.15. The lowest BCUT2D eigenvalue weighted by molar-refractivity contribution is 0.417. The fraction of sp³-hybridized carbons (Fsp3) is 0.269. The number of methoxy groups -OCH3 is 1. The summed E-state index contributed by atoms with van der Waals surface area (Å²) in [5.74, 6) is 0.740. The molecule has 1 N–H and O–H groups in total. The summed E-state index contributed by atoms with van der Waals surface area (Å²) < 4.78 is 7.71. The predicted molar refractivity (Wildman–Crippen MR) is 134 cm³/mol. The van der Waals surface area contributed by atoms with E-state index in [1.54, 1.807) is 13.4 Å². The van der Waals surface area contributed by atoms with Gasteiger partial charge in [0.15, 0.2) is 0 Å². The number of benzene rings is 1. The monoisotopic (exact) mass is 453 g/mol. The van der Waals surface area contributed by atoms with Gasteiger partial charge in [-0.15, -0.1) is 0 Å². The van der Waals surface area contributed by atoms with Crippen molar-refractivity contribution in [2.45, 2.75) is 33.6 Å². The van der Waals surface area contributed by atoms with Crippen molar-refractivity contribution in [3.8, 4) is 17.0 Å². The van der Waals surface area contributed by atoms with Gasteiger partial charge in [0.2, 0.25) is 0 Å². The Morgan fingerprint density at radius 3 is 2.59 bits per heavy atom. The van der Waals surface area contributed by atoms with Crippen molar-refractivity contribution in [3.63, 3.8) is 0 Å². The molecule has 3 aromatic heterocycles. The molecule has 0 amide bonds. The molecule has 0 unspecified atom stereocenters. The minimum atomic E-state index is 0.603. The molecule has 0 saturated carbocycles. The van der Waals surface area contributed by atoms with Crippen LogP contribution in [0.1, 0.15) is 35.4 Å². The molecule has 8 nitrogen and oxygen atoms in total. The van der Waals surface area contributed by atoms with Gasteiger partial charge in [-0.1, -0.05) is 6.07 Å². The zero-order chi connectivity index (χ0) is 23.8. The molecule has 1 aliphatic heterocycles. The van der Waals surface area contributed by atoms with Crippen molar-refractivity contribution >= 4 is 22.8 Å². The van der Waals surface area contributed by atoms with Crippen LogP contribution >= 0.6 is 0 Å². The number of nitrogens with zero attached hydrogens (tertiary/aromatic N) is 6. The number of pyridine rings is 1. The third-order valence-electron chi connectivity index (χ3n) is 6.03. The number of aromatic nitrogens is 5. The van der Waals surface area contributed by atoms with Crippen molar-refractivity contribution in [2.24, 2.45) is 12.0 Å². The van der Waals surface area contributed by atoms with Crippen molar-refractivity contribution in [1.29, 1.82) is 0 Å². The molecule has 0 spiro atoms. The molecule has 0 fully saturated rings. The maximum Gasteiger partial charge on any atom is 0.142 e. The Kier molecular flexibility index (Phi) is 5.57. The van der Waals surface area contributed by atoms with Crippen LogP contribution in [0.3, 0.4) is 0 Å². The number of aryl methyl sites for hydroxylation is 3. The largest absolute Gasteiger partial charge is 0.495 e. The Labute approximate surface area is 198 Å². The van der Waals surface area contributed by atoms with Gasteiger partial charge in [0, 0.05) is 43.1 Å². The van der Waals surface area contributed by atoms with E-state index in [0.29, 0.717) is 6.42 Å². The molecule has 172 valence electrons. The average Bonchev–Trinajstić information content (AvgIpc) is 3.41. The van der Waals surface area contributed by atoms with Crippen LogP contribution in [0, 0.1) is 13.8 Å². The number of imidazole rings is 1. The summed E-state index contributed by atoms with van der Waals surface area (Å²) in [6.07, 6.45) is 6.80. The summed E-state index contributed by atoms with van der Waals surface area (Å²) in [6, 6.07) is 8.14. The Bertz CT molecular complexity index is 1420. The molecule has 0 saturated heterocycles. The second kappa shape index (κ2) is 8.70. The third-order valence-corrected chi connectivity index (χ3v) is 6.03. The number of hydrogen-bond acceptors (Lipinski definition) is 7. The number of aliphatic imine (C=N–C) groups is 1. The minimum absolute atomic E-state index is 0.603. The van der Waals surface area contributed by atoms with Gasteiger partial charge in [-0.05, 0) is 39.0 Å². The van der Waals surface area contributed by atoms with E-state index in [1.165, 1.54) is 0 Å². The standard InChI is InChI=1S/C26H27N7O/c1-15-8-22-26(29-15)23(11-19(31-22)10-20-12-28-16(2)17(3)30-20)32-21-7-6-18(9-25(21)34-5)24-13-27-14-33(24)4/h6-7,9,11-14H,8,10H2,1-5H3,(H,31,32). The average molecular weight is 454 g/mol. The highest BCUT2D eigenvalue weighted by Gasteiger charge is 2.20. The van der Waals surface area contributed by atoms with Gasteiger partial charge in [-0.25, -0.2) is 4.98 Å². The Morgan fingerprint density at radius 2 is 1.85 bits per heavy atom. The lowest BCUT2D eigenvalue weighted by atomic mass is 10.1. The molecule has 4 heterocycles. The van der Waals surface area contributed by atoms with E-state index in [0.717, 1.165) is 74.7 Å². The van der Waals surface area contributed by atoms with Crippen LogP contribution in [-0.2, 0) is 19.9 Å². The lowest BCUT2D eigenvalue weighted by Gasteiger charge is -2.16. The first-order valence-corrected chi connectivity index (χ1v) is 11.2. The summed E-state index contributed by atoms with van der Waals surface area (Å²) >= 11 is 0. The fourth-order valence-corrected chi connectivity index (χ4v) is 4.15. The van der Waals surface area contributed by atoms with Gasteiger partial charge in [0.05, 0.1) is 59.5 Å². The Balaban J connectivity index is 1.50. The van der Waals surface area contributed by atoms with Crippen molar-refractivity contribution in [1.82, 2.24) is 24.5 Å². The molecule has 0 atom stereocenters. The van der Waals surface area contributed by atoms with Crippen molar-refractivity contribution in [2.75, 3.05) is 12.4 Å². The van der Waals surface area contributed by atoms with Gasteiger partial charge in [-0.3, -0.25) is 19.9 Å². The first-order valence-electron chi connectivity index (χ1n) is 11.2. The molecule has 0 radical (unpaired) electrons. The highest BCUT2D eigenvalue weighted by molar-refractivity contribution is 5.95. The van der Waals surface area contributed by atoms with Gasteiger partial charge >= 0.3 is 0 Å². The van der Waals surface area contributed by atoms with Crippen LogP contribution in [0.15, 0.2) is 48.0 Å². The van der Waals surface area contributed by atoms with Crippen LogP contribution in [0.2, 0.25) is 0 Å². The molecule has 0 aliphatic carbocycles. The zero-order valence-electron chi connectivity index (χ0n) is 20.0. The molecule has 1 aliphatic rings. The van der Waals surface area contributed by atoms with E-state index >= 15 is 0 Å². The maximum atomic E-state index is 5.73. The number of ether oxygens (including phenoxy) is 1. The van der Waals surface area contributed by atoms with Gasteiger partial charge < -0.3 is 14.6 Å². The smallest absolute Gasteiger partial charge is 0.142 e. The van der Waals surface area contributed by atoms with Crippen LogP contribution < -0.4 is 10.1 Å². The maximum absolute atomic E-state index is 5.73. The highest BCUT2D eigenvalue weighted by atomic mass is 16.5. The normalized spacial score (nSPS) is 12.4. The SMILES string of the molecule is COc1cc(-c2cncn2C)ccc1Nc1cc(Cc2cnc(C)c(C)n2)nc2c1N=C(C)C2. The Morgan fingerprint density at radius 1 is 1.00 bits per heavy atom. The second-order valence-corrected chi connectivity index (χ2v) is 8.62. The van der Waals surface area contributed by atoms with Gasteiger partial charge in [0.1, 0.15) is 11.4 Å². The number of anilines is 2. The first-order chi connectivity index (χ1) is 16.4. The van der Waals surface area contributed by atoms with Crippen LogP contribution in [0.5, 0.6) is 5.75 Å². The zero-order valence-corrected chi connectivity index (χ0v) is 20.0. The Hall–Kier alpha value is -4.07. The third kappa shape index (κ3) is 4.14. The minimum Gasteiger partial charge on any atom is -0.495 e. The number of rotatable bonds is 6.